The SMILES string of the molecule is COc1ccc(C(Br)c2ccc(C)cc2C)cc1OC. The third-order valence-corrected chi connectivity index (χ3v) is 4.42. The zero-order chi connectivity index (χ0) is 14.7. The number of hydrogen-bond acceptors (Lipinski definition) is 2. The van der Waals surface area contributed by atoms with E-state index in [4.69, 9.17) is 9.47 Å². The van der Waals surface area contributed by atoms with Crippen molar-refractivity contribution in [3.05, 3.63) is 58.7 Å². The summed E-state index contributed by atoms with van der Waals surface area (Å²) < 4.78 is 10.6. The molecule has 1 unspecified atom stereocenters. The summed E-state index contributed by atoms with van der Waals surface area (Å²) in [5.74, 6) is 1.50. The molecule has 3 heteroatoms. The van der Waals surface area contributed by atoms with Crippen molar-refractivity contribution < 1.29 is 9.47 Å². The van der Waals surface area contributed by atoms with Crippen molar-refractivity contribution in [2.45, 2.75) is 18.7 Å². The fourth-order valence-electron chi connectivity index (χ4n) is 2.30. The zero-order valence-electron chi connectivity index (χ0n) is 12.2. The van der Waals surface area contributed by atoms with Gasteiger partial charge in [0, 0.05) is 0 Å². The van der Waals surface area contributed by atoms with Gasteiger partial charge in [-0.25, -0.2) is 0 Å². The second kappa shape index (κ2) is 6.31. The van der Waals surface area contributed by atoms with Gasteiger partial charge in [0.25, 0.3) is 0 Å². The van der Waals surface area contributed by atoms with Gasteiger partial charge < -0.3 is 9.47 Å². The van der Waals surface area contributed by atoms with Gasteiger partial charge >= 0.3 is 0 Å². The van der Waals surface area contributed by atoms with Crippen molar-refractivity contribution in [1.82, 2.24) is 0 Å². The third-order valence-electron chi connectivity index (χ3n) is 3.40. The van der Waals surface area contributed by atoms with Crippen LogP contribution in [-0.2, 0) is 0 Å². The van der Waals surface area contributed by atoms with Crippen LogP contribution < -0.4 is 9.47 Å². The Labute approximate surface area is 128 Å². The molecule has 0 aliphatic rings. The minimum Gasteiger partial charge on any atom is -0.493 e. The van der Waals surface area contributed by atoms with E-state index in [0.717, 1.165) is 17.1 Å². The number of benzene rings is 2. The Bertz CT molecular complexity index is 608. The summed E-state index contributed by atoms with van der Waals surface area (Å²) in [7, 11) is 3.30. The molecular formula is C17H19BrO2. The molecule has 0 saturated carbocycles. The van der Waals surface area contributed by atoms with Gasteiger partial charge in [0.1, 0.15) is 0 Å². The molecule has 0 aromatic heterocycles. The minimum atomic E-state index is 0.142. The number of halogens is 1. The van der Waals surface area contributed by atoms with Crippen LogP contribution in [0.5, 0.6) is 11.5 Å². The van der Waals surface area contributed by atoms with Crippen molar-refractivity contribution in [2.24, 2.45) is 0 Å². The molecule has 106 valence electrons. The van der Waals surface area contributed by atoms with Crippen molar-refractivity contribution in [3.8, 4) is 11.5 Å². The average molecular weight is 335 g/mol. The summed E-state index contributed by atoms with van der Waals surface area (Å²) in [6.45, 7) is 4.24. The van der Waals surface area contributed by atoms with Gasteiger partial charge in [-0.3, -0.25) is 0 Å². The lowest BCUT2D eigenvalue weighted by atomic mass is 9.98. The predicted molar refractivity (Wildman–Crippen MR) is 86.2 cm³/mol. The predicted octanol–water partition coefficient (Wildman–Crippen LogP) is 4.80. The topological polar surface area (TPSA) is 18.5 Å². The van der Waals surface area contributed by atoms with Gasteiger partial charge in [-0.1, -0.05) is 45.8 Å². The summed E-state index contributed by atoms with van der Waals surface area (Å²) in [6, 6.07) is 12.5. The Kier molecular flexibility index (Phi) is 4.71. The number of hydrogen-bond donors (Lipinski definition) is 0. The second-order valence-corrected chi connectivity index (χ2v) is 5.75. The summed E-state index contributed by atoms with van der Waals surface area (Å²) >= 11 is 3.78. The van der Waals surface area contributed by atoms with Gasteiger partial charge in [0.2, 0.25) is 0 Å². The monoisotopic (exact) mass is 334 g/mol. The Balaban J connectivity index is 2.40. The van der Waals surface area contributed by atoms with Gasteiger partial charge in [-0.2, -0.15) is 0 Å². The van der Waals surface area contributed by atoms with Gasteiger partial charge in [-0.15, -0.1) is 0 Å². The zero-order valence-corrected chi connectivity index (χ0v) is 13.8. The molecule has 2 aromatic rings. The lowest BCUT2D eigenvalue weighted by Gasteiger charge is -2.16. The van der Waals surface area contributed by atoms with Crippen LogP contribution in [-0.4, -0.2) is 14.2 Å². The minimum absolute atomic E-state index is 0.142. The molecule has 2 aromatic carbocycles. The molecule has 0 heterocycles. The van der Waals surface area contributed by atoms with Crippen molar-refractivity contribution in [2.75, 3.05) is 14.2 Å². The molecule has 0 saturated heterocycles. The largest absolute Gasteiger partial charge is 0.493 e. The summed E-state index contributed by atoms with van der Waals surface area (Å²) in [6.07, 6.45) is 0. The van der Waals surface area contributed by atoms with Crippen LogP contribution in [0.2, 0.25) is 0 Å². The number of methoxy groups -OCH3 is 2. The first-order valence-electron chi connectivity index (χ1n) is 6.50. The smallest absolute Gasteiger partial charge is 0.161 e. The van der Waals surface area contributed by atoms with Crippen molar-refractivity contribution in [1.29, 1.82) is 0 Å². The van der Waals surface area contributed by atoms with Crippen LogP contribution in [0.3, 0.4) is 0 Å². The van der Waals surface area contributed by atoms with Crippen LogP contribution in [0.25, 0.3) is 0 Å². The van der Waals surface area contributed by atoms with Crippen molar-refractivity contribution >= 4 is 15.9 Å². The molecular weight excluding hydrogens is 316 g/mol. The van der Waals surface area contributed by atoms with E-state index in [1.165, 1.54) is 16.7 Å². The molecule has 20 heavy (non-hydrogen) atoms. The van der Waals surface area contributed by atoms with Crippen LogP contribution in [0, 0.1) is 13.8 Å². The molecule has 0 radical (unpaired) electrons. The molecule has 0 N–H and O–H groups in total. The third kappa shape index (κ3) is 2.98. The second-order valence-electron chi connectivity index (χ2n) is 4.84. The number of aryl methyl sites for hydroxylation is 2. The molecule has 2 rings (SSSR count). The lowest BCUT2D eigenvalue weighted by Crippen LogP contribution is -1.98. The fourth-order valence-corrected chi connectivity index (χ4v) is 3.10. The molecule has 1 atom stereocenters. The number of alkyl halides is 1. The first-order chi connectivity index (χ1) is 9.56. The lowest BCUT2D eigenvalue weighted by molar-refractivity contribution is 0.354. The van der Waals surface area contributed by atoms with Crippen LogP contribution in [0.1, 0.15) is 27.1 Å². The van der Waals surface area contributed by atoms with Crippen LogP contribution >= 0.6 is 15.9 Å². The van der Waals surface area contributed by atoms with E-state index in [1.807, 2.05) is 12.1 Å². The summed E-state index contributed by atoms with van der Waals surface area (Å²) in [5, 5.41) is 0. The van der Waals surface area contributed by atoms with Crippen LogP contribution in [0.15, 0.2) is 36.4 Å². The number of ether oxygens (including phenoxy) is 2. The molecule has 0 amide bonds. The van der Waals surface area contributed by atoms with Gasteiger partial charge in [0.15, 0.2) is 11.5 Å². The first kappa shape index (κ1) is 14.9. The van der Waals surface area contributed by atoms with E-state index in [9.17, 15) is 0 Å². The maximum absolute atomic E-state index is 5.37. The normalized spacial score (nSPS) is 12.1. The Hall–Kier alpha value is -1.48. The highest BCUT2D eigenvalue weighted by atomic mass is 79.9. The van der Waals surface area contributed by atoms with E-state index in [1.54, 1.807) is 14.2 Å². The standard InChI is InChI=1S/C17H19BrO2/c1-11-5-7-14(12(2)9-11)17(18)13-6-8-15(19-3)16(10-13)20-4/h5-10,17H,1-4H3. The molecule has 2 nitrogen and oxygen atoms in total. The highest BCUT2D eigenvalue weighted by Gasteiger charge is 2.15. The molecule has 0 spiro atoms. The fraction of sp³-hybridized carbons (Fsp3) is 0.294. The highest BCUT2D eigenvalue weighted by molar-refractivity contribution is 9.09. The Morgan fingerprint density at radius 3 is 2.20 bits per heavy atom. The maximum atomic E-state index is 5.37. The summed E-state index contributed by atoms with van der Waals surface area (Å²) in [5.41, 5.74) is 4.97. The van der Waals surface area contributed by atoms with Gasteiger partial charge in [0.05, 0.1) is 19.0 Å². The maximum Gasteiger partial charge on any atom is 0.161 e. The molecule has 0 fully saturated rings. The van der Waals surface area contributed by atoms with E-state index in [-0.39, 0.29) is 4.83 Å². The molecule has 0 aliphatic carbocycles. The molecule has 0 bridgehead atoms. The van der Waals surface area contributed by atoms with E-state index in [0.29, 0.717) is 0 Å². The van der Waals surface area contributed by atoms with E-state index in [2.05, 4.69) is 54.0 Å². The van der Waals surface area contributed by atoms with E-state index >= 15 is 0 Å². The van der Waals surface area contributed by atoms with Gasteiger partial charge in [-0.05, 0) is 42.7 Å². The van der Waals surface area contributed by atoms with E-state index < -0.39 is 0 Å². The average Bonchev–Trinajstić information content (AvgIpc) is 2.45. The Morgan fingerprint density at radius 1 is 0.900 bits per heavy atom. The highest BCUT2D eigenvalue weighted by Crippen LogP contribution is 2.37. The van der Waals surface area contributed by atoms with Crippen LogP contribution in [0.4, 0.5) is 0 Å². The van der Waals surface area contributed by atoms with Crippen molar-refractivity contribution in [3.63, 3.8) is 0 Å². The molecule has 0 aliphatic heterocycles. The summed E-state index contributed by atoms with van der Waals surface area (Å²) in [4.78, 5) is 0.142. The first-order valence-corrected chi connectivity index (χ1v) is 7.41. The quantitative estimate of drug-likeness (QED) is 0.747. The Morgan fingerprint density at radius 2 is 1.60 bits per heavy atom. The number of rotatable bonds is 4.